The summed E-state index contributed by atoms with van der Waals surface area (Å²) in [6.07, 6.45) is 2.96. The van der Waals surface area contributed by atoms with Crippen LogP contribution >= 0.6 is 0 Å². The van der Waals surface area contributed by atoms with Crippen LogP contribution < -0.4 is 5.43 Å². The molecule has 0 saturated heterocycles. The lowest BCUT2D eigenvalue weighted by Crippen LogP contribution is -2.20. The molecular weight excluding hydrogens is 304 g/mol. The third kappa shape index (κ3) is 2.85. The van der Waals surface area contributed by atoms with Crippen molar-refractivity contribution in [2.24, 2.45) is 0 Å². The molecule has 0 aliphatic rings. The zero-order valence-corrected chi connectivity index (χ0v) is 13.8. The number of H-pyrrole nitrogens is 1. The number of hydrogen-bond donors (Lipinski definition) is 1. The molecule has 0 spiro atoms. The fourth-order valence-corrected chi connectivity index (χ4v) is 2.90. The van der Waals surface area contributed by atoms with E-state index in [1.54, 1.807) is 11.4 Å². The van der Waals surface area contributed by atoms with Crippen LogP contribution in [0.5, 0.6) is 0 Å². The molecule has 2 heterocycles. The number of fused-ring (bicyclic) bond motifs is 1. The van der Waals surface area contributed by atoms with Gasteiger partial charge in [0.1, 0.15) is 11.1 Å². The largest absolute Gasteiger partial charge is 0.462 e. The van der Waals surface area contributed by atoms with Crippen molar-refractivity contribution in [2.75, 3.05) is 6.61 Å². The molecule has 3 aromatic rings. The topological polar surface area (TPSA) is 63.6 Å². The van der Waals surface area contributed by atoms with E-state index in [1.807, 2.05) is 24.3 Å². The smallest absolute Gasteiger partial charge is 0.343 e. The van der Waals surface area contributed by atoms with Gasteiger partial charge < -0.3 is 9.84 Å². The number of hydrogen-bond acceptors (Lipinski definition) is 3. The van der Waals surface area contributed by atoms with E-state index >= 15 is 0 Å². The first kappa shape index (κ1) is 16.1. The molecule has 24 heavy (non-hydrogen) atoms. The molecule has 1 N–H and O–H groups in total. The second kappa shape index (κ2) is 6.74. The van der Waals surface area contributed by atoms with Gasteiger partial charge in [0, 0.05) is 18.3 Å². The lowest BCUT2D eigenvalue weighted by molar-refractivity contribution is 0.0524. The fourth-order valence-electron chi connectivity index (χ4n) is 2.90. The molecule has 0 bridgehead atoms. The highest BCUT2D eigenvalue weighted by Crippen LogP contribution is 2.18. The zero-order valence-electron chi connectivity index (χ0n) is 13.8. The predicted molar refractivity (Wildman–Crippen MR) is 92.6 cm³/mol. The van der Waals surface area contributed by atoms with Gasteiger partial charge >= 0.3 is 5.97 Å². The molecule has 124 valence electrons. The summed E-state index contributed by atoms with van der Waals surface area (Å²) in [4.78, 5) is 24.5. The summed E-state index contributed by atoms with van der Waals surface area (Å²) in [7, 11) is 0. The number of rotatable bonds is 5. The van der Waals surface area contributed by atoms with Crippen LogP contribution in [0.2, 0.25) is 0 Å². The maximum atomic E-state index is 12.6. The van der Waals surface area contributed by atoms with E-state index in [9.17, 15) is 9.59 Å². The Balaban J connectivity index is 2.12. The third-order valence-corrected chi connectivity index (χ3v) is 4.10. The second-order valence-electron chi connectivity index (χ2n) is 5.59. The van der Waals surface area contributed by atoms with Gasteiger partial charge in [-0.25, -0.2) is 4.79 Å². The van der Waals surface area contributed by atoms with Gasteiger partial charge in [-0.05, 0) is 30.5 Å². The Kier molecular flexibility index (Phi) is 4.51. The van der Waals surface area contributed by atoms with E-state index in [1.165, 1.54) is 11.8 Å². The molecule has 0 saturated carbocycles. The number of benzene rings is 1. The number of nitrogens with one attached hydrogen (secondary N) is 1. The van der Waals surface area contributed by atoms with Crippen LogP contribution in [0.1, 0.15) is 41.0 Å². The lowest BCUT2D eigenvalue weighted by atomic mass is 10.1. The van der Waals surface area contributed by atoms with E-state index in [-0.39, 0.29) is 17.6 Å². The maximum absolute atomic E-state index is 12.6. The van der Waals surface area contributed by atoms with E-state index in [4.69, 9.17) is 4.74 Å². The summed E-state index contributed by atoms with van der Waals surface area (Å²) < 4.78 is 6.72. The molecular formula is C19H20N2O3. The average Bonchev–Trinajstić information content (AvgIpc) is 2.95. The monoisotopic (exact) mass is 324 g/mol. The number of carbonyl (C=O) groups is 1. The number of esters is 1. The first-order chi connectivity index (χ1) is 11.7. The van der Waals surface area contributed by atoms with Gasteiger partial charge in [0.25, 0.3) is 0 Å². The molecule has 5 heteroatoms. The zero-order chi connectivity index (χ0) is 17.1. The Morgan fingerprint density at radius 1 is 1.21 bits per heavy atom. The summed E-state index contributed by atoms with van der Waals surface area (Å²) in [6, 6.07) is 12.0. The van der Waals surface area contributed by atoms with Crippen molar-refractivity contribution in [3.8, 4) is 0 Å². The number of aromatic nitrogens is 2. The first-order valence-electron chi connectivity index (χ1n) is 8.11. The lowest BCUT2D eigenvalue weighted by Gasteiger charge is -2.07. The van der Waals surface area contributed by atoms with Crippen LogP contribution in [0.15, 0.2) is 47.4 Å². The Hall–Kier alpha value is -2.82. The minimum Gasteiger partial charge on any atom is -0.462 e. The van der Waals surface area contributed by atoms with Gasteiger partial charge in [-0.15, -0.1) is 0 Å². The standard InChI is InChI=1S/C19H20N2O3/c1-3-14-11-17-18(22)15(19(23)24-4-2)12-20-21(17)16(14)10-13-8-6-5-7-9-13/h5-9,11-12,20H,3-4,10H2,1-2H3. The van der Waals surface area contributed by atoms with Crippen molar-refractivity contribution in [3.05, 3.63) is 75.2 Å². The summed E-state index contributed by atoms with van der Waals surface area (Å²) in [5.41, 5.74) is 3.50. The molecule has 0 unspecified atom stereocenters. The fraction of sp³-hybridized carbons (Fsp3) is 0.263. The summed E-state index contributed by atoms with van der Waals surface area (Å²) >= 11 is 0. The van der Waals surface area contributed by atoms with Crippen LogP contribution in [-0.4, -0.2) is 22.2 Å². The average molecular weight is 324 g/mol. The minimum atomic E-state index is -0.592. The maximum Gasteiger partial charge on any atom is 0.343 e. The minimum absolute atomic E-state index is 0.0377. The Labute approximate surface area is 139 Å². The van der Waals surface area contributed by atoms with Crippen LogP contribution in [0.4, 0.5) is 0 Å². The summed E-state index contributed by atoms with van der Waals surface area (Å²) in [6.45, 7) is 4.01. The van der Waals surface area contributed by atoms with Crippen molar-refractivity contribution >= 4 is 11.5 Å². The Bertz CT molecular complexity index is 923. The van der Waals surface area contributed by atoms with Crippen LogP contribution in [-0.2, 0) is 17.6 Å². The third-order valence-electron chi connectivity index (χ3n) is 4.10. The molecule has 5 nitrogen and oxygen atoms in total. The van der Waals surface area contributed by atoms with Crippen molar-refractivity contribution < 1.29 is 9.53 Å². The van der Waals surface area contributed by atoms with Crippen LogP contribution in [0, 0.1) is 0 Å². The van der Waals surface area contributed by atoms with Crippen molar-refractivity contribution in [3.63, 3.8) is 0 Å². The quantitative estimate of drug-likeness (QED) is 0.734. The predicted octanol–water partition coefficient (Wildman–Crippen LogP) is 2.96. The van der Waals surface area contributed by atoms with E-state index in [0.717, 1.165) is 17.7 Å². The van der Waals surface area contributed by atoms with Crippen LogP contribution in [0.25, 0.3) is 5.52 Å². The van der Waals surface area contributed by atoms with E-state index in [2.05, 4.69) is 24.2 Å². The van der Waals surface area contributed by atoms with Gasteiger partial charge in [-0.1, -0.05) is 37.3 Å². The summed E-state index contributed by atoms with van der Waals surface area (Å²) in [5.74, 6) is -0.592. The molecule has 0 atom stereocenters. The van der Waals surface area contributed by atoms with Gasteiger partial charge in [0.2, 0.25) is 5.43 Å². The van der Waals surface area contributed by atoms with Gasteiger partial charge in [0.05, 0.1) is 6.61 Å². The second-order valence-corrected chi connectivity index (χ2v) is 5.59. The highest BCUT2D eigenvalue weighted by atomic mass is 16.5. The van der Waals surface area contributed by atoms with Crippen molar-refractivity contribution in [2.45, 2.75) is 26.7 Å². The first-order valence-corrected chi connectivity index (χ1v) is 8.11. The van der Waals surface area contributed by atoms with Gasteiger partial charge in [-0.3, -0.25) is 9.31 Å². The number of carbonyl (C=O) groups excluding carboxylic acids is 1. The normalized spacial score (nSPS) is 10.9. The van der Waals surface area contributed by atoms with Crippen molar-refractivity contribution in [1.29, 1.82) is 0 Å². The van der Waals surface area contributed by atoms with Crippen LogP contribution in [0.3, 0.4) is 0 Å². The molecule has 3 rings (SSSR count). The molecule has 0 aliphatic carbocycles. The molecule has 1 aromatic carbocycles. The SMILES string of the molecule is CCOC(=O)c1c[nH]n2c(Cc3ccccc3)c(CC)cc2c1=O. The van der Waals surface area contributed by atoms with Gasteiger partial charge in [-0.2, -0.15) is 0 Å². The molecule has 0 aliphatic heterocycles. The Morgan fingerprint density at radius 3 is 2.62 bits per heavy atom. The highest BCUT2D eigenvalue weighted by molar-refractivity contribution is 5.90. The van der Waals surface area contributed by atoms with Gasteiger partial charge in [0.15, 0.2) is 0 Å². The number of aryl methyl sites for hydroxylation is 1. The number of ether oxygens (including phenoxy) is 1. The molecule has 0 radical (unpaired) electrons. The number of nitrogens with zero attached hydrogens (tertiary/aromatic N) is 1. The summed E-state index contributed by atoms with van der Waals surface area (Å²) in [5, 5.41) is 3.06. The Morgan fingerprint density at radius 2 is 1.96 bits per heavy atom. The molecule has 2 aromatic heterocycles. The molecule has 0 amide bonds. The number of aromatic amines is 1. The molecule has 0 fully saturated rings. The van der Waals surface area contributed by atoms with E-state index < -0.39 is 5.97 Å². The van der Waals surface area contributed by atoms with E-state index in [0.29, 0.717) is 11.9 Å². The highest BCUT2D eigenvalue weighted by Gasteiger charge is 2.18. The van der Waals surface area contributed by atoms with Crippen molar-refractivity contribution in [1.82, 2.24) is 9.61 Å².